The molecule has 0 spiro atoms. The highest BCUT2D eigenvalue weighted by molar-refractivity contribution is 9.11. The van der Waals surface area contributed by atoms with Gasteiger partial charge in [0.1, 0.15) is 17.4 Å². The maximum absolute atomic E-state index is 12.5. The molecule has 0 aliphatic rings. The van der Waals surface area contributed by atoms with Crippen LogP contribution in [0.2, 0.25) is 0 Å². The van der Waals surface area contributed by atoms with Gasteiger partial charge in [-0.05, 0) is 100 Å². The second-order valence-corrected chi connectivity index (χ2v) is 9.67. The molecule has 35 heavy (non-hydrogen) atoms. The fourth-order valence-corrected chi connectivity index (χ4v) is 4.68. The van der Waals surface area contributed by atoms with Gasteiger partial charge in [-0.15, -0.1) is 0 Å². The molecule has 3 aromatic carbocycles. The van der Waals surface area contributed by atoms with Gasteiger partial charge in [-0.3, -0.25) is 9.59 Å². The van der Waals surface area contributed by atoms with Crippen LogP contribution < -0.4 is 15.4 Å². The van der Waals surface area contributed by atoms with Crippen molar-refractivity contribution in [2.75, 3.05) is 17.2 Å². The monoisotopic (exact) mass is 595 g/mol. The molecule has 0 atom stereocenters. The lowest BCUT2D eigenvalue weighted by molar-refractivity contribution is -0.118. The highest BCUT2D eigenvalue weighted by atomic mass is 79.9. The van der Waals surface area contributed by atoms with Crippen LogP contribution in [0.3, 0.4) is 0 Å². The first-order valence-electron chi connectivity index (χ1n) is 10.6. The fraction of sp³-hybridized carbons (Fsp3) is 0.148. The first kappa shape index (κ1) is 26.2. The van der Waals surface area contributed by atoms with Gasteiger partial charge in [0, 0.05) is 11.4 Å². The molecule has 2 N–H and O–H groups in total. The number of nitrogens with zero attached hydrogens (tertiary/aromatic N) is 1. The van der Waals surface area contributed by atoms with E-state index in [-0.39, 0.29) is 18.1 Å². The summed E-state index contributed by atoms with van der Waals surface area (Å²) in [6.07, 6.45) is 1.48. The normalized spacial score (nSPS) is 10.9. The highest BCUT2D eigenvalue weighted by Crippen LogP contribution is 2.35. The number of hydrogen-bond donors (Lipinski definition) is 2. The summed E-state index contributed by atoms with van der Waals surface area (Å²) in [5, 5.41) is 15.1. The Morgan fingerprint density at radius 2 is 1.57 bits per heavy atom. The predicted octanol–water partition coefficient (Wildman–Crippen LogP) is 6.70. The minimum Gasteiger partial charge on any atom is -0.481 e. The number of ether oxygens (including phenoxy) is 1. The van der Waals surface area contributed by atoms with E-state index in [1.54, 1.807) is 24.3 Å². The molecule has 0 unspecified atom stereocenters. The summed E-state index contributed by atoms with van der Waals surface area (Å²) in [4.78, 5) is 24.9. The van der Waals surface area contributed by atoms with Gasteiger partial charge in [0.05, 0.1) is 8.95 Å². The molecule has 0 aromatic heterocycles. The van der Waals surface area contributed by atoms with Gasteiger partial charge in [-0.2, -0.15) is 5.26 Å². The molecular weight excluding hydrogens is 574 g/mol. The van der Waals surface area contributed by atoms with Crippen molar-refractivity contribution in [3.63, 3.8) is 0 Å². The Morgan fingerprint density at radius 3 is 2.17 bits per heavy atom. The van der Waals surface area contributed by atoms with Crippen molar-refractivity contribution in [3.8, 4) is 11.8 Å². The Kier molecular flexibility index (Phi) is 8.85. The molecule has 0 aliphatic carbocycles. The zero-order chi connectivity index (χ0) is 25.5. The number of nitriles is 1. The predicted molar refractivity (Wildman–Crippen MR) is 145 cm³/mol. The standard InChI is InChI=1S/C27H23Br2N3O3/c1-16-4-7-21(8-5-16)31-27(34)20(14-30)11-19-12-22(28)26(23(29)13-19)35-15-25(33)32-24-9-6-17(2)10-18(24)3/h4-13H,15H2,1-3H3,(H,31,34)(H,32,33)/b20-11-. The van der Waals surface area contributed by atoms with Crippen LogP contribution >= 0.6 is 31.9 Å². The number of anilines is 2. The average Bonchev–Trinajstić information content (AvgIpc) is 2.80. The molecule has 0 radical (unpaired) electrons. The molecule has 2 amide bonds. The molecule has 3 rings (SSSR count). The number of nitrogens with one attached hydrogen (secondary N) is 2. The van der Waals surface area contributed by atoms with Crippen LogP contribution in [0.5, 0.6) is 5.75 Å². The number of amides is 2. The summed E-state index contributed by atoms with van der Waals surface area (Å²) in [6, 6.07) is 18.4. The lowest BCUT2D eigenvalue weighted by Gasteiger charge is -2.13. The van der Waals surface area contributed by atoms with Gasteiger partial charge < -0.3 is 15.4 Å². The lowest BCUT2D eigenvalue weighted by Crippen LogP contribution is -2.21. The van der Waals surface area contributed by atoms with Crippen LogP contribution in [0.25, 0.3) is 6.08 Å². The minimum absolute atomic E-state index is 0.0501. The molecular formula is C27H23Br2N3O3. The molecule has 8 heteroatoms. The van der Waals surface area contributed by atoms with Crippen molar-refractivity contribution in [2.45, 2.75) is 20.8 Å². The molecule has 0 heterocycles. The first-order valence-corrected chi connectivity index (χ1v) is 12.2. The van der Waals surface area contributed by atoms with E-state index in [1.165, 1.54) is 6.08 Å². The topological polar surface area (TPSA) is 91.2 Å². The van der Waals surface area contributed by atoms with E-state index in [1.807, 2.05) is 57.2 Å². The third kappa shape index (κ3) is 7.28. The summed E-state index contributed by atoms with van der Waals surface area (Å²) in [5.74, 6) is -0.369. The second kappa shape index (κ2) is 11.8. The van der Waals surface area contributed by atoms with Crippen molar-refractivity contribution < 1.29 is 14.3 Å². The van der Waals surface area contributed by atoms with E-state index in [0.29, 0.717) is 25.9 Å². The Labute approximate surface area is 221 Å². The van der Waals surface area contributed by atoms with Crippen molar-refractivity contribution in [1.29, 1.82) is 5.26 Å². The second-order valence-electron chi connectivity index (χ2n) is 7.96. The van der Waals surface area contributed by atoms with Gasteiger partial charge >= 0.3 is 0 Å². The van der Waals surface area contributed by atoms with Crippen molar-refractivity contribution in [1.82, 2.24) is 0 Å². The number of carbonyl (C=O) groups is 2. The summed E-state index contributed by atoms with van der Waals surface area (Å²) >= 11 is 6.89. The third-order valence-electron chi connectivity index (χ3n) is 5.01. The number of hydrogen-bond acceptors (Lipinski definition) is 4. The van der Waals surface area contributed by atoms with E-state index in [0.717, 1.165) is 22.4 Å². The third-order valence-corrected chi connectivity index (χ3v) is 6.19. The van der Waals surface area contributed by atoms with Gasteiger partial charge in [-0.1, -0.05) is 35.4 Å². The van der Waals surface area contributed by atoms with Gasteiger partial charge in [0.25, 0.3) is 11.8 Å². The summed E-state index contributed by atoms with van der Waals surface area (Å²) < 4.78 is 6.84. The number of aryl methyl sites for hydroxylation is 3. The number of benzene rings is 3. The number of rotatable bonds is 7. The minimum atomic E-state index is -0.507. The molecule has 178 valence electrons. The van der Waals surface area contributed by atoms with Crippen molar-refractivity contribution in [3.05, 3.63) is 91.4 Å². The van der Waals surface area contributed by atoms with Crippen molar-refractivity contribution >= 4 is 61.1 Å². The van der Waals surface area contributed by atoms with Crippen LogP contribution in [0, 0.1) is 32.1 Å². The zero-order valence-corrected chi connectivity index (χ0v) is 22.6. The van der Waals surface area contributed by atoms with Crippen LogP contribution in [-0.2, 0) is 9.59 Å². The maximum Gasteiger partial charge on any atom is 0.266 e. The molecule has 0 fully saturated rings. The van der Waals surface area contributed by atoms with E-state index >= 15 is 0 Å². The maximum atomic E-state index is 12.5. The van der Waals surface area contributed by atoms with Crippen LogP contribution in [0.4, 0.5) is 11.4 Å². The quantitative estimate of drug-likeness (QED) is 0.234. The zero-order valence-electron chi connectivity index (χ0n) is 19.4. The number of carbonyl (C=O) groups excluding carboxylic acids is 2. The Bertz CT molecular complexity index is 1320. The molecule has 0 aliphatic heterocycles. The molecule has 0 saturated carbocycles. The molecule has 0 saturated heterocycles. The smallest absolute Gasteiger partial charge is 0.266 e. The first-order chi connectivity index (χ1) is 16.7. The Morgan fingerprint density at radius 1 is 0.943 bits per heavy atom. The van der Waals surface area contributed by atoms with Crippen LogP contribution in [0.15, 0.2) is 69.1 Å². The molecule has 0 bridgehead atoms. The Hall–Kier alpha value is -3.41. The Balaban J connectivity index is 1.69. The van der Waals surface area contributed by atoms with Gasteiger partial charge in [0.15, 0.2) is 6.61 Å². The lowest BCUT2D eigenvalue weighted by atomic mass is 10.1. The SMILES string of the molecule is Cc1ccc(NC(=O)/C(C#N)=C\c2cc(Br)c(OCC(=O)Nc3ccc(C)cc3C)c(Br)c2)cc1. The van der Waals surface area contributed by atoms with E-state index in [4.69, 9.17) is 4.74 Å². The summed E-state index contributed by atoms with van der Waals surface area (Å²) in [6.45, 7) is 5.68. The largest absolute Gasteiger partial charge is 0.481 e. The van der Waals surface area contributed by atoms with Gasteiger partial charge in [-0.25, -0.2) is 0 Å². The fourth-order valence-electron chi connectivity index (χ4n) is 3.23. The van der Waals surface area contributed by atoms with E-state index in [2.05, 4.69) is 42.5 Å². The van der Waals surface area contributed by atoms with Crippen molar-refractivity contribution in [2.24, 2.45) is 0 Å². The molecule has 6 nitrogen and oxygen atoms in total. The summed E-state index contributed by atoms with van der Waals surface area (Å²) in [7, 11) is 0. The van der Waals surface area contributed by atoms with E-state index < -0.39 is 5.91 Å². The summed E-state index contributed by atoms with van der Waals surface area (Å²) in [5.41, 5.74) is 5.04. The number of halogens is 2. The van der Waals surface area contributed by atoms with Gasteiger partial charge in [0.2, 0.25) is 0 Å². The van der Waals surface area contributed by atoms with Crippen LogP contribution in [0.1, 0.15) is 22.3 Å². The average molecular weight is 597 g/mol. The van der Waals surface area contributed by atoms with E-state index in [9.17, 15) is 14.9 Å². The van der Waals surface area contributed by atoms with Crippen LogP contribution in [-0.4, -0.2) is 18.4 Å². The highest BCUT2D eigenvalue weighted by Gasteiger charge is 2.14. The molecule has 3 aromatic rings.